The van der Waals surface area contributed by atoms with E-state index in [0.717, 1.165) is 23.4 Å². The standard InChI is InChI=1S/C16H23BrN4/c1-11(2)7-18-8-13-9-20-21(16(13)12(3)4)15-6-5-14(17)10-19-15/h5-6,9-12,18H,7-8H2,1-4H3. The minimum absolute atomic E-state index is 0.397. The first-order chi connectivity index (χ1) is 9.99. The second kappa shape index (κ2) is 7.18. The van der Waals surface area contributed by atoms with E-state index in [0.29, 0.717) is 11.8 Å². The molecule has 0 spiro atoms. The molecule has 0 amide bonds. The minimum atomic E-state index is 0.397. The van der Waals surface area contributed by atoms with Gasteiger partial charge in [-0.2, -0.15) is 5.10 Å². The molecule has 2 rings (SSSR count). The van der Waals surface area contributed by atoms with E-state index < -0.39 is 0 Å². The Morgan fingerprint density at radius 3 is 2.52 bits per heavy atom. The Balaban J connectivity index is 2.26. The van der Waals surface area contributed by atoms with Crippen molar-refractivity contribution in [3.63, 3.8) is 0 Å². The van der Waals surface area contributed by atoms with Crippen LogP contribution in [0, 0.1) is 5.92 Å². The maximum atomic E-state index is 4.53. The fraction of sp³-hybridized carbons (Fsp3) is 0.500. The highest BCUT2D eigenvalue weighted by Gasteiger charge is 2.16. The molecule has 0 atom stereocenters. The van der Waals surface area contributed by atoms with Gasteiger partial charge in [-0.3, -0.25) is 0 Å². The topological polar surface area (TPSA) is 42.7 Å². The van der Waals surface area contributed by atoms with Crippen LogP contribution in [0.5, 0.6) is 0 Å². The van der Waals surface area contributed by atoms with Crippen LogP contribution in [0.4, 0.5) is 0 Å². The van der Waals surface area contributed by atoms with Crippen LogP contribution in [0.1, 0.15) is 44.9 Å². The molecule has 4 nitrogen and oxygen atoms in total. The lowest BCUT2D eigenvalue weighted by Gasteiger charge is -2.13. The number of nitrogens with one attached hydrogen (secondary N) is 1. The van der Waals surface area contributed by atoms with Crippen molar-refractivity contribution in [2.45, 2.75) is 40.2 Å². The molecular formula is C16H23BrN4. The van der Waals surface area contributed by atoms with Crippen molar-refractivity contribution in [1.82, 2.24) is 20.1 Å². The summed E-state index contributed by atoms with van der Waals surface area (Å²) in [7, 11) is 0. The molecular weight excluding hydrogens is 328 g/mol. The van der Waals surface area contributed by atoms with Gasteiger partial charge in [0.25, 0.3) is 0 Å². The van der Waals surface area contributed by atoms with E-state index in [1.54, 1.807) is 6.20 Å². The van der Waals surface area contributed by atoms with Crippen LogP contribution in [-0.2, 0) is 6.54 Å². The van der Waals surface area contributed by atoms with Crippen LogP contribution in [0.2, 0.25) is 0 Å². The Morgan fingerprint density at radius 1 is 1.19 bits per heavy atom. The Hall–Kier alpha value is -1.20. The predicted molar refractivity (Wildman–Crippen MR) is 89.7 cm³/mol. The largest absolute Gasteiger partial charge is 0.312 e. The number of halogens is 1. The van der Waals surface area contributed by atoms with Crippen LogP contribution < -0.4 is 5.32 Å². The molecule has 2 aromatic heterocycles. The zero-order valence-corrected chi connectivity index (χ0v) is 14.7. The highest BCUT2D eigenvalue weighted by atomic mass is 79.9. The third-order valence-corrected chi connectivity index (χ3v) is 3.70. The molecule has 0 aliphatic carbocycles. The molecule has 2 aromatic rings. The first-order valence-corrected chi connectivity index (χ1v) is 8.17. The predicted octanol–water partition coefficient (Wildman–Crippen LogP) is 3.90. The van der Waals surface area contributed by atoms with Gasteiger partial charge in [0, 0.05) is 22.8 Å². The van der Waals surface area contributed by atoms with Crippen LogP contribution in [0.15, 0.2) is 29.0 Å². The van der Waals surface area contributed by atoms with E-state index in [4.69, 9.17) is 0 Å². The number of aromatic nitrogens is 3. The average molecular weight is 351 g/mol. The first kappa shape index (κ1) is 16.2. The third kappa shape index (κ3) is 4.14. The van der Waals surface area contributed by atoms with Gasteiger partial charge in [-0.15, -0.1) is 0 Å². The highest BCUT2D eigenvalue weighted by molar-refractivity contribution is 9.10. The Morgan fingerprint density at radius 2 is 1.95 bits per heavy atom. The van der Waals surface area contributed by atoms with Crippen LogP contribution in [-0.4, -0.2) is 21.3 Å². The van der Waals surface area contributed by atoms with Gasteiger partial charge in [-0.1, -0.05) is 27.7 Å². The molecule has 21 heavy (non-hydrogen) atoms. The molecule has 0 bridgehead atoms. The molecule has 5 heteroatoms. The highest BCUT2D eigenvalue weighted by Crippen LogP contribution is 2.22. The van der Waals surface area contributed by atoms with Crippen LogP contribution >= 0.6 is 15.9 Å². The van der Waals surface area contributed by atoms with E-state index in [-0.39, 0.29) is 0 Å². The SMILES string of the molecule is CC(C)CNCc1cnn(-c2ccc(Br)cn2)c1C(C)C. The summed E-state index contributed by atoms with van der Waals surface area (Å²) in [6, 6.07) is 3.97. The van der Waals surface area contributed by atoms with Crippen LogP contribution in [0.3, 0.4) is 0 Å². The summed E-state index contributed by atoms with van der Waals surface area (Å²) in [5.74, 6) is 1.90. The molecule has 0 aliphatic rings. The summed E-state index contributed by atoms with van der Waals surface area (Å²) in [6.45, 7) is 10.7. The summed E-state index contributed by atoms with van der Waals surface area (Å²) in [5.41, 5.74) is 2.47. The van der Waals surface area contributed by atoms with Crippen molar-refractivity contribution in [3.8, 4) is 5.82 Å². The summed E-state index contributed by atoms with van der Waals surface area (Å²) >= 11 is 3.42. The summed E-state index contributed by atoms with van der Waals surface area (Å²) in [4.78, 5) is 4.45. The van der Waals surface area contributed by atoms with Gasteiger partial charge in [0.05, 0.1) is 11.9 Å². The lowest BCUT2D eigenvalue weighted by molar-refractivity contribution is 0.549. The van der Waals surface area contributed by atoms with E-state index in [9.17, 15) is 0 Å². The lowest BCUT2D eigenvalue weighted by atomic mass is 10.1. The second-order valence-corrected chi connectivity index (χ2v) is 6.90. The smallest absolute Gasteiger partial charge is 0.153 e. The van der Waals surface area contributed by atoms with Crippen LogP contribution in [0.25, 0.3) is 5.82 Å². The van der Waals surface area contributed by atoms with E-state index >= 15 is 0 Å². The van der Waals surface area contributed by atoms with Crippen molar-refractivity contribution >= 4 is 15.9 Å². The molecule has 0 unspecified atom stereocenters. The Labute approximate surface area is 135 Å². The molecule has 0 aliphatic heterocycles. The number of hydrogen-bond acceptors (Lipinski definition) is 3. The molecule has 0 saturated heterocycles. The maximum absolute atomic E-state index is 4.53. The third-order valence-electron chi connectivity index (χ3n) is 3.23. The van der Waals surface area contributed by atoms with Gasteiger partial charge in [0.2, 0.25) is 0 Å². The fourth-order valence-corrected chi connectivity index (χ4v) is 2.55. The number of nitrogens with zero attached hydrogens (tertiary/aromatic N) is 3. The maximum Gasteiger partial charge on any atom is 0.153 e. The van der Waals surface area contributed by atoms with Gasteiger partial charge < -0.3 is 5.32 Å². The Bertz CT molecular complexity index is 572. The van der Waals surface area contributed by atoms with Gasteiger partial charge >= 0.3 is 0 Å². The van der Waals surface area contributed by atoms with Gasteiger partial charge in [0.1, 0.15) is 0 Å². The fourth-order valence-electron chi connectivity index (χ4n) is 2.31. The quantitative estimate of drug-likeness (QED) is 0.858. The molecule has 2 heterocycles. The molecule has 0 aromatic carbocycles. The summed E-state index contributed by atoms with van der Waals surface area (Å²) in [6.07, 6.45) is 3.75. The van der Waals surface area contributed by atoms with Gasteiger partial charge in [-0.05, 0) is 46.4 Å². The second-order valence-electron chi connectivity index (χ2n) is 5.98. The lowest BCUT2D eigenvalue weighted by Crippen LogP contribution is -2.20. The normalized spacial score (nSPS) is 11.6. The van der Waals surface area contributed by atoms with E-state index in [1.807, 2.05) is 23.0 Å². The Kier molecular flexibility index (Phi) is 5.53. The minimum Gasteiger partial charge on any atom is -0.312 e. The number of hydrogen-bond donors (Lipinski definition) is 1. The van der Waals surface area contributed by atoms with Gasteiger partial charge in [0.15, 0.2) is 5.82 Å². The zero-order chi connectivity index (χ0) is 15.4. The average Bonchev–Trinajstić information content (AvgIpc) is 2.83. The van der Waals surface area contributed by atoms with Crippen molar-refractivity contribution in [2.75, 3.05) is 6.54 Å². The summed E-state index contributed by atoms with van der Waals surface area (Å²) in [5, 5.41) is 8.02. The molecule has 1 N–H and O–H groups in total. The van der Waals surface area contributed by atoms with E-state index in [2.05, 4.69) is 59.0 Å². The van der Waals surface area contributed by atoms with E-state index in [1.165, 1.54) is 11.3 Å². The van der Waals surface area contributed by atoms with Crippen molar-refractivity contribution in [3.05, 3.63) is 40.3 Å². The van der Waals surface area contributed by atoms with Gasteiger partial charge in [-0.25, -0.2) is 9.67 Å². The van der Waals surface area contributed by atoms with Crippen molar-refractivity contribution in [2.24, 2.45) is 5.92 Å². The van der Waals surface area contributed by atoms with Crippen molar-refractivity contribution in [1.29, 1.82) is 0 Å². The number of rotatable bonds is 6. The molecule has 0 radical (unpaired) electrons. The molecule has 0 saturated carbocycles. The monoisotopic (exact) mass is 350 g/mol. The summed E-state index contributed by atoms with van der Waals surface area (Å²) < 4.78 is 2.92. The number of pyridine rings is 1. The zero-order valence-electron chi connectivity index (χ0n) is 13.1. The molecule has 114 valence electrons. The van der Waals surface area contributed by atoms with Crippen molar-refractivity contribution < 1.29 is 0 Å². The molecule has 0 fully saturated rings. The first-order valence-electron chi connectivity index (χ1n) is 7.38.